The van der Waals surface area contributed by atoms with Gasteiger partial charge in [-0.05, 0) is 49.1 Å². The first kappa shape index (κ1) is 17.1. The van der Waals surface area contributed by atoms with Crippen LogP contribution in [0.4, 0.5) is 5.69 Å². The SMILES string of the molecule is Cc1cccc(C(C)(Cc2ccc(O)c(N)c2)c2cccc(C)c2)c1. The van der Waals surface area contributed by atoms with Gasteiger partial charge in [0.1, 0.15) is 5.75 Å². The van der Waals surface area contributed by atoms with Gasteiger partial charge in [0.15, 0.2) is 0 Å². The van der Waals surface area contributed by atoms with E-state index in [0.29, 0.717) is 5.69 Å². The van der Waals surface area contributed by atoms with Crippen LogP contribution in [0, 0.1) is 13.8 Å². The quantitative estimate of drug-likeness (QED) is 0.513. The van der Waals surface area contributed by atoms with E-state index in [1.807, 2.05) is 12.1 Å². The van der Waals surface area contributed by atoms with Crippen LogP contribution in [-0.2, 0) is 11.8 Å². The summed E-state index contributed by atoms with van der Waals surface area (Å²) >= 11 is 0. The number of benzene rings is 3. The van der Waals surface area contributed by atoms with Gasteiger partial charge in [-0.15, -0.1) is 0 Å². The van der Waals surface area contributed by atoms with E-state index in [9.17, 15) is 5.11 Å². The van der Waals surface area contributed by atoms with Crippen molar-refractivity contribution in [2.75, 3.05) is 5.73 Å². The first-order valence-electron chi connectivity index (χ1n) is 8.60. The molecule has 0 spiro atoms. The number of phenolic OH excluding ortho intramolecular Hbond substituents is 1. The van der Waals surface area contributed by atoms with Crippen LogP contribution in [0.25, 0.3) is 0 Å². The first-order valence-corrected chi connectivity index (χ1v) is 8.60. The van der Waals surface area contributed by atoms with E-state index in [1.54, 1.807) is 6.07 Å². The second-order valence-electron chi connectivity index (χ2n) is 7.14. The molecule has 0 atom stereocenters. The summed E-state index contributed by atoms with van der Waals surface area (Å²) in [7, 11) is 0. The fraction of sp³-hybridized carbons (Fsp3) is 0.217. The van der Waals surface area contributed by atoms with Crippen molar-refractivity contribution in [1.29, 1.82) is 0 Å². The summed E-state index contributed by atoms with van der Waals surface area (Å²) in [5.74, 6) is 0.136. The Hall–Kier alpha value is -2.74. The number of phenols is 1. The number of hydrogen-bond acceptors (Lipinski definition) is 2. The van der Waals surface area contributed by atoms with Crippen molar-refractivity contribution in [1.82, 2.24) is 0 Å². The molecule has 3 aromatic rings. The Bertz CT molecular complexity index is 853. The average Bonchev–Trinajstić information content (AvgIpc) is 2.58. The number of nitrogens with two attached hydrogens (primary N) is 1. The van der Waals surface area contributed by atoms with Crippen molar-refractivity contribution < 1.29 is 5.11 Å². The molecule has 0 fully saturated rings. The van der Waals surface area contributed by atoms with E-state index < -0.39 is 0 Å². The molecule has 0 saturated carbocycles. The van der Waals surface area contributed by atoms with Gasteiger partial charge in [-0.25, -0.2) is 0 Å². The summed E-state index contributed by atoms with van der Waals surface area (Å²) in [5.41, 5.74) is 12.3. The number of aryl methyl sites for hydroxylation is 2. The molecule has 2 heteroatoms. The molecule has 128 valence electrons. The zero-order valence-corrected chi connectivity index (χ0v) is 15.1. The van der Waals surface area contributed by atoms with Gasteiger partial charge in [0.25, 0.3) is 0 Å². The zero-order chi connectivity index (χ0) is 18.0. The normalized spacial score (nSPS) is 11.5. The lowest BCUT2D eigenvalue weighted by Gasteiger charge is -2.32. The lowest BCUT2D eigenvalue weighted by Crippen LogP contribution is -2.27. The van der Waals surface area contributed by atoms with Crippen LogP contribution in [0.1, 0.15) is 34.7 Å². The third-order valence-electron chi connectivity index (χ3n) is 4.96. The van der Waals surface area contributed by atoms with Gasteiger partial charge < -0.3 is 10.8 Å². The van der Waals surface area contributed by atoms with Crippen LogP contribution in [-0.4, -0.2) is 5.11 Å². The molecule has 0 saturated heterocycles. The highest BCUT2D eigenvalue weighted by atomic mass is 16.3. The molecule has 3 aromatic carbocycles. The second-order valence-corrected chi connectivity index (χ2v) is 7.14. The molecular formula is C23H25NO. The number of aromatic hydroxyl groups is 1. The topological polar surface area (TPSA) is 46.2 Å². The maximum absolute atomic E-state index is 9.72. The van der Waals surface area contributed by atoms with E-state index in [4.69, 9.17) is 5.73 Å². The van der Waals surface area contributed by atoms with Gasteiger partial charge in [0.2, 0.25) is 0 Å². The highest BCUT2D eigenvalue weighted by molar-refractivity contribution is 5.54. The third kappa shape index (κ3) is 3.53. The van der Waals surface area contributed by atoms with Crippen LogP contribution >= 0.6 is 0 Å². The molecule has 0 amide bonds. The molecule has 0 unspecified atom stereocenters. The van der Waals surface area contributed by atoms with Crippen LogP contribution in [0.3, 0.4) is 0 Å². The Morgan fingerprint density at radius 3 is 1.88 bits per heavy atom. The largest absolute Gasteiger partial charge is 0.506 e. The van der Waals surface area contributed by atoms with Crippen molar-refractivity contribution in [2.24, 2.45) is 0 Å². The Balaban J connectivity index is 2.13. The molecule has 0 aliphatic rings. The van der Waals surface area contributed by atoms with Crippen molar-refractivity contribution in [2.45, 2.75) is 32.6 Å². The summed E-state index contributed by atoms with van der Waals surface area (Å²) in [6.07, 6.45) is 0.810. The third-order valence-corrected chi connectivity index (χ3v) is 4.96. The summed E-state index contributed by atoms with van der Waals surface area (Å²) in [6, 6.07) is 22.9. The highest BCUT2D eigenvalue weighted by Crippen LogP contribution is 2.37. The van der Waals surface area contributed by atoms with Gasteiger partial charge in [0, 0.05) is 5.41 Å². The Morgan fingerprint density at radius 1 is 0.840 bits per heavy atom. The minimum Gasteiger partial charge on any atom is -0.506 e. The molecule has 3 N–H and O–H groups in total. The monoisotopic (exact) mass is 331 g/mol. The fourth-order valence-electron chi connectivity index (χ4n) is 3.47. The fourth-order valence-corrected chi connectivity index (χ4v) is 3.47. The maximum Gasteiger partial charge on any atom is 0.138 e. The van der Waals surface area contributed by atoms with Crippen LogP contribution in [0.5, 0.6) is 5.75 Å². The van der Waals surface area contributed by atoms with Crippen LogP contribution in [0.2, 0.25) is 0 Å². The summed E-state index contributed by atoms with van der Waals surface area (Å²) in [4.78, 5) is 0. The predicted octanol–water partition coefficient (Wildman–Crippen LogP) is 5.14. The van der Waals surface area contributed by atoms with E-state index >= 15 is 0 Å². The Kier molecular flexibility index (Phi) is 4.54. The van der Waals surface area contributed by atoms with E-state index in [1.165, 1.54) is 22.3 Å². The Labute approximate surface area is 150 Å². The summed E-state index contributed by atoms with van der Waals surface area (Å²) in [5, 5.41) is 9.72. The molecule has 2 nitrogen and oxygen atoms in total. The molecule has 0 aliphatic carbocycles. The van der Waals surface area contributed by atoms with E-state index in [2.05, 4.69) is 69.3 Å². The Morgan fingerprint density at radius 2 is 1.40 bits per heavy atom. The second kappa shape index (κ2) is 6.64. The molecule has 0 heterocycles. The molecule has 0 aliphatic heterocycles. The minimum absolute atomic E-state index is 0.136. The zero-order valence-electron chi connectivity index (χ0n) is 15.1. The molecule has 0 aromatic heterocycles. The number of rotatable bonds is 4. The van der Waals surface area contributed by atoms with Crippen molar-refractivity contribution in [3.05, 3.63) is 94.5 Å². The van der Waals surface area contributed by atoms with Crippen LogP contribution in [0.15, 0.2) is 66.7 Å². The van der Waals surface area contributed by atoms with Crippen molar-refractivity contribution in [3.8, 4) is 5.75 Å². The molecular weight excluding hydrogens is 306 g/mol. The number of hydrogen-bond donors (Lipinski definition) is 2. The molecule has 25 heavy (non-hydrogen) atoms. The number of anilines is 1. The lowest BCUT2D eigenvalue weighted by atomic mass is 9.71. The first-order chi connectivity index (χ1) is 11.9. The van der Waals surface area contributed by atoms with Gasteiger partial charge in [-0.2, -0.15) is 0 Å². The van der Waals surface area contributed by atoms with Gasteiger partial charge >= 0.3 is 0 Å². The van der Waals surface area contributed by atoms with Crippen molar-refractivity contribution >= 4 is 5.69 Å². The molecule has 0 bridgehead atoms. The highest BCUT2D eigenvalue weighted by Gasteiger charge is 2.29. The average molecular weight is 331 g/mol. The predicted molar refractivity (Wildman–Crippen MR) is 105 cm³/mol. The number of nitrogen functional groups attached to an aromatic ring is 1. The van der Waals surface area contributed by atoms with Gasteiger partial charge in [-0.3, -0.25) is 0 Å². The smallest absolute Gasteiger partial charge is 0.138 e. The maximum atomic E-state index is 9.72. The summed E-state index contributed by atoms with van der Waals surface area (Å²) < 4.78 is 0. The molecule has 3 rings (SSSR count). The van der Waals surface area contributed by atoms with Gasteiger partial charge in [-0.1, -0.05) is 72.6 Å². The van der Waals surface area contributed by atoms with E-state index in [-0.39, 0.29) is 11.2 Å². The summed E-state index contributed by atoms with van der Waals surface area (Å²) in [6.45, 7) is 6.52. The van der Waals surface area contributed by atoms with Gasteiger partial charge in [0.05, 0.1) is 5.69 Å². The van der Waals surface area contributed by atoms with Crippen LogP contribution < -0.4 is 5.73 Å². The van der Waals surface area contributed by atoms with E-state index in [0.717, 1.165) is 12.0 Å². The molecule has 0 radical (unpaired) electrons. The minimum atomic E-state index is -0.179. The lowest BCUT2D eigenvalue weighted by molar-refractivity contribution is 0.477. The standard InChI is InChI=1S/C23H25NO/c1-16-6-4-8-19(12-16)23(3,20-9-5-7-17(2)13-20)15-18-10-11-22(25)21(24)14-18/h4-14,25H,15,24H2,1-3H3. The van der Waals surface area contributed by atoms with Crippen molar-refractivity contribution in [3.63, 3.8) is 0 Å².